The first-order valence-corrected chi connectivity index (χ1v) is 9.04. The van der Waals surface area contributed by atoms with Gasteiger partial charge < -0.3 is 10.6 Å². The van der Waals surface area contributed by atoms with Crippen LogP contribution in [0.15, 0.2) is 42.5 Å². The van der Waals surface area contributed by atoms with Gasteiger partial charge in [-0.2, -0.15) is 13.2 Å². The lowest BCUT2D eigenvalue weighted by atomic mass is 10.2. The molecule has 0 aliphatic carbocycles. The summed E-state index contributed by atoms with van der Waals surface area (Å²) in [7, 11) is 0. The summed E-state index contributed by atoms with van der Waals surface area (Å²) in [5.74, 6) is -0.701. The Hall–Kier alpha value is -1.05. The van der Waals surface area contributed by atoms with Gasteiger partial charge in [0.1, 0.15) is 6.17 Å². The Kier molecular flexibility index (Phi) is 7.03. The maximum Gasteiger partial charge on any atom is 0.416 e. The van der Waals surface area contributed by atoms with Crippen LogP contribution in [0.25, 0.3) is 0 Å². The van der Waals surface area contributed by atoms with Crippen LogP contribution in [0.4, 0.5) is 18.9 Å². The molecule has 0 saturated carbocycles. The molecule has 146 valence electrons. The molecule has 0 fully saturated rings. The van der Waals surface area contributed by atoms with Crippen LogP contribution in [0.3, 0.4) is 0 Å². The van der Waals surface area contributed by atoms with Crippen molar-refractivity contribution < 1.29 is 18.0 Å². The SMILES string of the molecule is O=C(NC(Nc1cc(C(F)(F)F)ccc1Cl)C(Cl)(Cl)Cl)c1ccccc1Cl. The van der Waals surface area contributed by atoms with Gasteiger partial charge in [-0.3, -0.25) is 4.79 Å². The lowest BCUT2D eigenvalue weighted by Gasteiger charge is -2.28. The van der Waals surface area contributed by atoms with Crippen molar-refractivity contribution in [2.24, 2.45) is 0 Å². The van der Waals surface area contributed by atoms with Gasteiger partial charge in [0.2, 0.25) is 3.79 Å². The number of alkyl halides is 6. The van der Waals surface area contributed by atoms with Gasteiger partial charge in [0.05, 0.1) is 26.9 Å². The Morgan fingerprint density at radius 1 is 0.963 bits per heavy atom. The summed E-state index contributed by atoms with van der Waals surface area (Å²) in [4.78, 5) is 12.4. The van der Waals surface area contributed by atoms with Gasteiger partial charge in [-0.15, -0.1) is 0 Å². The molecule has 0 radical (unpaired) electrons. The minimum absolute atomic E-state index is 0.0609. The van der Waals surface area contributed by atoms with Crippen LogP contribution in [-0.4, -0.2) is 15.9 Å². The van der Waals surface area contributed by atoms with E-state index in [2.05, 4.69) is 10.6 Å². The molecule has 2 rings (SSSR count). The van der Waals surface area contributed by atoms with Crippen LogP contribution >= 0.6 is 58.0 Å². The van der Waals surface area contributed by atoms with E-state index < -0.39 is 27.6 Å². The highest BCUT2D eigenvalue weighted by Crippen LogP contribution is 2.36. The van der Waals surface area contributed by atoms with Crippen molar-refractivity contribution in [2.75, 3.05) is 5.32 Å². The predicted octanol–water partition coefficient (Wildman–Crippen LogP) is 6.55. The molecular formula is C16H10Cl5F3N2O. The van der Waals surface area contributed by atoms with Gasteiger partial charge in [0, 0.05) is 0 Å². The Morgan fingerprint density at radius 2 is 1.59 bits per heavy atom. The van der Waals surface area contributed by atoms with Gasteiger partial charge in [-0.1, -0.05) is 70.1 Å². The van der Waals surface area contributed by atoms with Crippen molar-refractivity contribution in [3.05, 3.63) is 63.6 Å². The molecule has 1 atom stereocenters. The van der Waals surface area contributed by atoms with Gasteiger partial charge in [-0.25, -0.2) is 0 Å². The molecule has 2 N–H and O–H groups in total. The van der Waals surface area contributed by atoms with E-state index in [4.69, 9.17) is 58.0 Å². The normalized spacial score (nSPS) is 13.2. The molecular weight excluding hydrogens is 470 g/mol. The Bertz CT molecular complexity index is 840. The van der Waals surface area contributed by atoms with E-state index in [1.807, 2.05) is 0 Å². The molecule has 0 aliphatic rings. The fourth-order valence-electron chi connectivity index (χ4n) is 2.02. The zero-order valence-electron chi connectivity index (χ0n) is 13.1. The summed E-state index contributed by atoms with van der Waals surface area (Å²) in [5, 5.41) is 4.98. The molecule has 27 heavy (non-hydrogen) atoms. The molecule has 0 aromatic heterocycles. The van der Waals surface area contributed by atoms with Gasteiger partial charge in [0.15, 0.2) is 0 Å². The highest BCUT2D eigenvalue weighted by molar-refractivity contribution is 6.68. The molecule has 2 aromatic rings. The van der Waals surface area contributed by atoms with Crippen molar-refractivity contribution in [1.29, 1.82) is 0 Å². The van der Waals surface area contributed by atoms with Crippen LogP contribution in [0.2, 0.25) is 10.0 Å². The summed E-state index contributed by atoms with van der Waals surface area (Å²) in [6.45, 7) is 0. The Labute approximate surface area is 177 Å². The van der Waals surface area contributed by atoms with Crippen molar-refractivity contribution >= 4 is 69.6 Å². The fourth-order valence-corrected chi connectivity index (χ4v) is 2.74. The minimum Gasteiger partial charge on any atom is -0.361 e. The number of rotatable bonds is 4. The number of hydrogen-bond donors (Lipinski definition) is 2. The number of carbonyl (C=O) groups is 1. The zero-order chi connectivity index (χ0) is 20.4. The molecule has 0 aliphatic heterocycles. The Morgan fingerprint density at radius 3 is 2.15 bits per heavy atom. The number of halogens is 8. The number of nitrogens with one attached hydrogen (secondary N) is 2. The summed E-state index contributed by atoms with van der Waals surface area (Å²) < 4.78 is 36.6. The average Bonchev–Trinajstić information content (AvgIpc) is 2.54. The fraction of sp³-hybridized carbons (Fsp3) is 0.188. The molecule has 1 unspecified atom stereocenters. The zero-order valence-corrected chi connectivity index (χ0v) is 16.8. The van der Waals surface area contributed by atoms with Crippen LogP contribution in [0, 0.1) is 0 Å². The van der Waals surface area contributed by atoms with E-state index in [0.29, 0.717) is 0 Å². The number of hydrogen-bond acceptors (Lipinski definition) is 2. The first-order chi connectivity index (χ1) is 12.4. The second-order valence-corrected chi connectivity index (χ2v) is 8.45. The minimum atomic E-state index is -4.60. The highest BCUT2D eigenvalue weighted by atomic mass is 35.6. The van der Waals surface area contributed by atoms with Crippen molar-refractivity contribution in [1.82, 2.24) is 5.32 Å². The van der Waals surface area contributed by atoms with Crippen molar-refractivity contribution in [3.63, 3.8) is 0 Å². The lowest BCUT2D eigenvalue weighted by molar-refractivity contribution is -0.137. The second-order valence-electron chi connectivity index (χ2n) is 5.26. The van der Waals surface area contributed by atoms with E-state index in [1.165, 1.54) is 12.1 Å². The lowest BCUT2D eigenvalue weighted by Crippen LogP contribution is -2.49. The second kappa shape index (κ2) is 8.53. The predicted molar refractivity (Wildman–Crippen MR) is 103 cm³/mol. The molecule has 0 bridgehead atoms. The Balaban J connectivity index is 2.31. The van der Waals surface area contributed by atoms with Gasteiger partial charge in [0.25, 0.3) is 5.91 Å². The van der Waals surface area contributed by atoms with Crippen LogP contribution in [0.1, 0.15) is 15.9 Å². The molecule has 0 heterocycles. The van der Waals surface area contributed by atoms with Crippen LogP contribution in [-0.2, 0) is 6.18 Å². The summed E-state index contributed by atoms with van der Waals surface area (Å²) >= 11 is 29.4. The van der Waals surface area contributed by atoms with Crippen molar-refractivity contribution in [2.45, 2.75) is 16.1 Å². The van der Waals surface area contributed by atoms with Crippen LogP contribution in [0.5, 0.6) is 0 Å². The van der Waals surface area contributed by atoms with E-state index in [0.717, 1.165) is 18.2 Å². The number of benzene rings is 2. The standard InChI is InChI=1S/C16H10Cl5F3N2O/c17-10-4-2-1-3-9(10)13(27)26-14(15(19,20)21)25-12-7-8(16(22,23)24)5-6-11(12)18/h1-7,14,25H,(H,26,27). The number of carbonyl (C=O) groups excluding carboxylic acids is 1. The molecule has 0 saturated heterocycles. The maximum absolute atomic E-state index is 12.9. The summed E-state index contributed by atoms with van der Waals surface area (Å²) in [6, 6.07) is 8.70. The maximum atomic E-state index is 12.9. The monoisotopic (exact) mass is 478 g/mol. The third kappa shape index (κ3) is 5.96. The van der Waals surface area contributed by atoms with E-state index >= 15 is 0 Å². The first-order valence-electron chi connectivity index (χ1n) is 7.15. The average molecular weight is 481 g/mol. The topological polar surface area (TPSA) is 41.1 Å². The quantitative estimate of drug-likeness (QED) is 0.385. The highest BCUT2D eigenvalue weighted by Gasteiger charge is 2.36. The molecule has 11 heteroatoms. The van der Waals surface area contributed by atoms with Crippen LogP contribution < -0.4 is 10.6 Å². The number of anilines is 1. The van der Waals surface area contributed by atoms with Gasteiger partial charge in [-0.05, 0) is 30.3 Å². The first kappa shape index (κ1) is 22.2. The summed E-state index contributed by atoms with van der Waals surface area (Å²) in [5.41, 5.74) is -1.05. The smallest absolute Gasteiger partial charge is 0.361 e. The van der Waals surface area contributed by atoms with E-state index in [-0.39, 0.29) is 21.3 Å². The van der Waals surface area contributed by atoms with Gasteiger partial charge >= 0.3 is 6.18 Å². The third-order valence-electron chi connectivity index (χ3n) is 3.31. The molecule has 2 aromatic carbocycles. The van der Waals surface area contributed by atoms with Crippen molar-refractivity contribution in [3.8, 4) is 0 Å². The number of amides is 1. The third-order valence-corrected chi connectivity index (χ3v) is 4.63. The molecule has 1 amide bonds. The molecule has 0 spiro atoms. The summed E-state index contributed by atoms with van der Waals surface area (Å²) in [6.07, 6.45) is -6.01. The largest absolute Gasteiger partial charge is 0.416 e. The van der Waals surface area contributed by atoms with E-state index in [9.17, 15) is 18.0 Å². The van der Waals surface area contributed by atoms with E-state index in [1.54, 1.807) is 12.1 Å². The molecule has 3 nitrogen and oxygen atoms in total.